The number of rotatable bonds is 3. The maximum absolute atomic E-state index is 13.0. The van der Waals surface area contributed by atoms with E-state index < -0.39 is 50.2 Å². The molecule has 1 aliphatic carbocycles. The first-order valence-corrected chi connectivity index (χ1v) is 8.70. The van der Waals surface area contributed by atoms with Crippen molar-refractivity contribution in [3.05, 3.63) is 29.3 Å². The van der Waals surface area contributed by atoms with Crippen LogP contribution in [0.2, 0.25) is 0 Å². The smallest absolute Gasteiger partial charge is 0.298 e. The lowest BCUT2D eigenvalue weighted by Gasteiger charge is -2.23. The van der Waals surface area contributed by atoms with Gasteiger partial charge in [-0.3, -0.25) is 9.52 Å². The lowest BCUT2D eigenvalue weighted by molar-refractivity contribution is -0.140. The molecule has 1 aliphatic rings. The Morgan fingerprint density at radius 2 is 1.64 bits per heavy atom. The summed E-state index contributed by atoms with van der Waals surface area (Å²) in [4.78, 5) is 11.7. The summed E-state index contributed by atoms with van der Waals surface area (Å²) >= 11 is 0. The number of hydrogen-bond donors (Lipinski definition) is 1. The molecule has 1 N–H and O–H groups in total. The minimum atomic E-state index is -5.07. The molecule has 0 aromatic heterocycles. The van der Waals surface area contributed by atoms with Crippen molar-refractivity contribution in [2.75, 3.05) is 4.72 Å². The van der Waals surface area contributed by atoms with Crippen LogP contribution >= 0.6 is 0 Å². The largest absolute Gasteiger partial charge is 0.418 e. The average molecular weight is 389 g/mol. The average Bonchev–Trinajstić information content (AvgIpc) is 2.44. The molecule has 11 heteroatoms. The van der Waals surface area contributed by atoms with Gasteiger partial charge in [-0.25, -0.2) is 8.42 Å². The monoisotopic (exact) mass is 389 g/mol. The quantitative estimate of drug-likeness (QED) is 0.796. The maximum atomic E-state index is 13.0. The Morgan fingerprint density at radius 3 is 2.16 bits per heavy atom. The van der Waals surface area contributed by atoms with Crippen LogP contribution in [0.3, 0.4) is 0 Å². The highest BCUT2D eigenvalue weighted by Crippen LogP contribution is 2.39. The molecular weight excluding hydrogens is 376 g/mol. The van der Waals surface area contributed by atoms with Crippen LogP contribution < -0.4 is 4.72 Å². The van der Waals surface area contributed by atoms with Crippen LogP contribution in [-0.4, -0.2) is 19.5 Å². The van der Waals surface area contributed by atoms with Crippen LogP contribution in [0.25, 0.3) is 0 Å². The van der Waals surface area contributed by atoms with E-state index in [0.717, 1.165) is 0 Å². The van der Waals surface area contributed by atoms with E-state index in [1.54, 1.807) is 0 Å². The Morgan fingerprint density at radius 1 is 1.00 bits per heavy atom. The van der Waals surface area contributed by atoms with Gasteiger partial charge >= 0.3 is 12.4 Å². The molecule has 0 radical (unpaired) electrons. The normalized spacial score (nSPS) is 19.8. The van der Waals surface area contributed by atoms with E-state index in [4.69, 9.17) is 0 Å². The fourth-order valence-corrected chi connectivity index (χ4v) is 4.11. The number of halogens is 6. The van der Waals surface area contributed by atoms with E-state index >= 15 is 0 Å². The maximum Gasteiger partial charge on any atom is 0.418 e. The first kappa shape index (κ1) is 19.5. The first-order valence-electron chi connectivity index (χ1n) is 7.15. The van der Waals surface area contributed by atoms with Crippen LogP contribution in [-0.2, 0) is 27.2 Å². The van der Waals surface area contributed by atoms with Crippen LogP contribution in [0, 0.1) is 0 Å². The Kier molecular flexibility index (Phi) is 5.08. The van der Waals surface area contributed by atoms with Gasteiger partial charge in [-0.1, -0.05) is 6.42 Å². The summed E-state index contributed by atoms with van der Waals surface area (Å²) in [5.41, 5.74) is -4.25. The number of carbonyl (C=O) groups is 1. The summed E-state index contributed by atoms with van der Waals surface area (Å²) in [5, 5.41) is -1.57. The summed E-state index contributed by atoms with van der Waals surface area (Å²) < 4.78 is 103. The van der Waals surface area contributed by atoms with Crippen molar-refractivity contribution in [3.8, 4) is 0 Å². The highest BCUT2D eigenvalue weighted by atomic mass is 32.2. The lowest BCUT2D eigenvalue weighted by Crippen LogP contribution is -2.37. The summed E-state index contributed by atoms with van der Waals surface area (Å²) in [6, 6.07) is 0.448. The number of sulfonamides is 1. The van der Waals surface area contributed by atoms with Crippen LogP contribution in [0.1, 0.15) is 36.8 Å². The topological polar surface area (TPSA) is 63.2 Å². The molecule has 4 nitrogen and oxygen atoms in total. The molecule has 0 heterocycles. The van der Waals surface area contributed by atoms with Crippen molar-refractivity contribution in [3.63, 3.8) is 0 Å². The van der Waals surface area contributed by atoms with Gasteiger partial charge in [-0.2, -0.15) is 26.3 Å². The number of carbonyl (C=O) groups excluding carboxylic acids is 1. The van der Waals surface area contributed by atoms with Crippen LogP contribution in [0.15, 0.2) is 18.2 Å². The SMILES string of the molecule is O=C1CCCCC1S(=O)(=O)Nc1cc(C(F)(F)F)ccc1C(F)(F)F. The summed E-state index contributed by atoms with van der Waals surface area (Å²) in [5.74, 6) is -0.667. The van der Waals surface area contributed by atoms with Crippen molar-refractivity contribution >= 4 is 21.5 Å². The highest BCUT2D eigenvalue weighted by Gasteiger charge is 2.40. The molecule has 1 unspecified atom stereocenters. The lowest BCUT2D eigenvalue weighted by atomic mass is 9.99. The number of Topliss-reactive ketones (excluding diaryl/α,β-unsaturated/α-hetero) is 1. The van der Waals surface area contributed by atoms with Gasteiger partial charge in [0, 0.05) is 6.42 Å². The fourth-order valence-electron chi connectivity index (χ4n) is 2.56. The number of benzene rings is 1. The van der Waals surface area contributed by atoms with Crippen molar-refractivity contribution in [2.24, 2.45) is 0 Å². The third kappa shape index (κ3) is 4.44. The molecule has 25 heavy (non-hydrogen) atoms. The molecule has 0 aliphatic heterocycles. The number of ketones is 1. The van der Waals surface area contributed by atoms with Gasteiger partial charge < -0.3 is 0 Å². The third-order valence-corrected chi connectivity index (χ3v) is 5.53. The predicted octanol–water partition coefficient (Wildman–Crippen LogP) is 3.98. The van der Waals surface area contributed by atoms with Gasteiger partial charge in [0.15, 0.2) is 5.78 Å². The van der Waals surface area contributed by atoms with Crippen LogP contribution in [0.5, 0.6) is 0 Å². The number of anilines is 1. The molecule has 2 rings (SSSR count). The van der Waals surface area contributed by atoms with Gasteiger partial charge in [0.1, 0.15) is 5.25 Å². The second-order valence-electron chi connectivity index (χ2n) is 5.60. The zero-order valence-electron chi connectivity index (χ0n) is 12.5. The van der Waals surface area contributed by atoms with E-state index in [9.17, 15) is 39.6 Å². The first-order chi connectivity index (χ1) is 11.3. The van der Waals surface area contributed by atoms with Crippen molar-refractivity contribution in [1.82, 2.24) is 0 Å². The highest BCUT2D eigenvalue weighted by molar-refractivity contribution is 7.94. The van der Waals surface area contributed by atoms with E-state index in [0.29, 0.717) is 12.8 Å². The van der Waals surface area contributed by atoms with Crippen molar-refractivity contribution in [2.45, 2.75) is 43.3 Å². The number of nitrogens with one attached hydrogen (secondary N) is 1. The van der Waals surface area contributed by atoms with E-state index in [2.05, 4.69) is 0 Å². The zero-order chi connectivity index (χ0) is 19.0. The van der Waals surface area contributed by atoms with Crippen molar-refractivity contribution < 1.29 is 39.6 Å². The molecule has 0 saturated heterocycles. The molecule has 140 valence electrons. The molecule has 0 bridgehead atoms. The van der Waals surface area contributed by atoms with Gasteiger partial charge in [-0.05, 0) is 31.0 Å². The number of alkyl halides is 6. The fraction of sp³-hybridized carbons (Fsp3) is 0.500. The third-order valence-electron chi connectivity index (χ3n) is 3.78. The Balaban J connectivity index is 2.47. The molecule has 1 aromatic rings. The van der Waals surface area contributed by atoms with Gasteiger partial charge in [0.25, 0.3) is 0 Å². The van der Waals surface area contributed by atoms with Gasteiger partial charge in [-0.15, -0.1) is 0 Å². The molecule has 1 aromatic carbocycles. The van der Waals surface area contributed by atoms with Gasteiger partial charge in [0.2, 0.25) is 10.0 Å². The molecular formula is C14H13F6NO3S. The minimum absolute atomic E-state index is 0.0414. The number of hydrogen-bond acceptors (Lipinski definition) is 3. The predicted molar refractivity (Wildman–Crippen MR) is 76.3 cm³/mol. The summed E-state index contributed by atoms with van der Waals surface area (Å²) in [6.45, 7) is 0. The van der Waals surface area contributed by atoms with E-state index in [1.165, 1.54) is 4.72 Å². The van der Waals surface area contributed by atoms with Gasteiger partial charge in [0.05, 0.1) is 16.8 Å². The summed E-state index contributed by atoms with van der Waals surface area (Å²) in [7, 11) is -4.60. The molecule has 0 spiro atoms. The van der Waals surface area contributed by atoms with E-state index in [-0.39, 0.29) is 31.0 Å². The molecule has 1 fully saturated rings. The second kappa shape index (κ2) is 6.50. The standard InChI is InChI=1S/C14H13F6NO3S/c15-13(16,17)8-5-6-9(14(18,19)20)10(7-8)21-25(23,24)12-4-2-1-3-11(12)22/h5-7,12,21H,1-4H2. The Hall–Kier alpha value is -1.78. The summed E-state index contributed by atoms with van der Waals surface area (Å²) in [6.07, 6.45) is -9.31. The molecule has 0 amide bonds. The molecule has 1 saturated carbocycles. The zero-order valence-corrected chi connectivity index (χ0v) is 13.4. The van der Waals surface area contributed by atoms with Crippen LogP contribution in [0.4, 0.5) is 32.0 Å². The minimum Gasteiger partial charge on any atom is -0.298 e. The van der Waals surface area contributed by atoms with E-state index in [1.807, 2.05) is 0 Å². The van der Waals surface area contributed by atoms with Crippen molar-refractivity contribution in [1.29, 1.82) is 0 Å². The molecule has 1 atom stereocenters. The Bertz CT molecular complexity index is 770. The Labute approximate surface area is 139 Å². The second-order valence-corrected chi connectivity index (χ2v) is 7.47.